The van der Waals surface area contributed by atoms with Gasteiger partial charge in [-0.25, -0.2) is 0 Å². The minimum Gasteiger partial charge on any atom is -0.368 e. The fourth-order valence-corrected chi connectivity index (χ4v) is 3.11. The molecule has 2 aromatic carbocycles. The van der Waals surface area contributed by atoms with E-state index in [0.29, 0.717) is 12.0 Å². The molecule has 2 aromatic rings. The molecule has 0 aliphatic carbocycles. The summed E-state index contributed by atoms with van der Waals surface area (Å²) in [6.07, 6.45) is 0.449. The molecule has 1 aliphatic heterocycles. The molecule has 1 amide bonds. The minimum absolute atomic E-state index is 0.178. The third-order valence-electron chi connectivity index (χ3n) is 4.26. The molecule has 5 heteroatoms. The van der Waals surface area contributed by atoms with Crippen molar-refractivity contribution in [2.24, 2.45) is 0 Å². The summed E-state index contributed by atoms with van der Waals surface area (Å²) in [5.74, 6) is 0.178. The molecule has 0 aromatic heterocycles. The van der Waals surface area contributed by atoms with Crippen LogP contribution in [0.4, 0.5) is 5.69 Å². The number of hydrogen-bond acceptors (Lipinski definition) is 3. The fourth-order valence-electron chi connectivity index (χ4n) is 2.85. The van der Waals surface area contributed by atoms with Gasteiger partial charge < -0.3 is 9.80 Å². The van der Waals surface area contributed by atoms with Gasteiger partial charge in [0, 0.05) is 36.3 Å². The number of amides is 1. The zero-order chi connectivity index (χ0) is 16.9. The smallest absolute Gasteiger partial charge is 0.227 e. The summed E-state index contributed by atoms with van der Waals surface area (Å²) in [6.45, 7) is 3.10. The van der Waals surface area contributed by atoms with Crippen LogP contribution in [0, 0.1) is 11.3 Å². The maximum atomic E-state index is 12.4. The lowest BCUT2D eigenvalue weighted by Crippen LogP contribution is -2.49. The van der Waals surface area contributed by atoms with Gasteiger partial charge in [-0.1, -0.05) is 28.1 Å². The summed E-state index contributed by atoms with van der Waals surface area (Å²) in [6, 6.07) is 17.6. The average Bonchev–Trinajstić information content (AvgIpc) is 2.64. The van der Waals surface area contributed by atoms with E-state index in [4.69, 9.17) is 5.26 Å². The SMILES string of the molecule is N#Cc1ccc(N2CCN(C(=O)Cc3ccc(Br)cc3)CC2)cc1. The van der Waals surface area contributed by atoms with E-state index in [1.165, 1.54) is 0 Å². The molecule has 0 radical (unpaired) electrons. The van der Waals surface area contributed by atoms with Crippen molar-refractivity contribution in [2.45, 2.75) is 6.42 Å². The molecule has 1 aliphatic rings. The number of carbonyl (C=O) groups excluding carboxylic acids is 1. The Morgan fingerprint density at radius 3 is 2.21 bits per heavy atom. The lowest BCUT2D eigenvalue weighted by atomic mass is 10.1. The van der Waals surface area contributed by atoms with E-state index in [2.05, 4.69) is 26.9 Å². The van der Waals surface area contributed by atoms with Crippen molar-refractivity contribution in [1.82, 2.24) is 4.90 Å². The predicted molar refractivity (Wildman–Crippen MR) is 97.8 cm³/mol. The van der Waals surface area contributed by atoms with Crippen LogP contribution >= 0.6 is 15.9 Å². The highest BCUT2D eigenvalue weighted by Gasteiger charge is 2.21. The highest BCUT2D eigenvalue weighted by molar-refractivity contribution is 9.10. The summed E-state index contributed by atoms with van der Waals surface area (Å²) in [7, 11) is 0. The van der Waals surface area contributed by atoms with Crippen molar-refractivity contribution in [3.63, 3.8) is 0 Å². The second kappa shape index (κ2) is 7.50. The first kappa shape index (κ1) is 16.5. The Bertz CT molecular complexity index is 742. The summed E-state index contributed by atoms with van der Waals surface area (Å²) in [4.78, 5) is 16.6. The molecule has 4 nitrogen and oxygen atoms in total. The van der Waals surface area contributed by atoms with Gasteiger partial charge in [0.15, 0.2) is 0 Å². The van der Waals surface area contributed by atoms with Crippen molar-refractivity contribution >= 4 is 27.5 Å². The minimum atomic E-state index is 0.178. The van der Waals surface area contributed by atoms with Crippen molar-refractivity contribution in [3.8, 4) is 6.07 Å². The first-order valence-corrected chi connectivity index (χ1v) is 8.72. The quantitative estimate of drug-likeness (QED) is 0.817. The van der Waals surface area contributed by atoms with Crippen LogP contribution in [-0.4, -0.2) is 37.0 Å². The molecule has 0 atom stereocenters. The molecular formula is C19H18BrN3O. The number of anilines is 1. The molecule has 0 unspecified atom stereocenters. The molecule has 1 saturated heterocycles. The topological polar surface area (TPSA) is 47.3 Å². The van der Waals surface area contributed by atoms with Gasteiger partial charge in [-0.15, -0.1) is 0 Å². The summed E-state index contributed by atoms with van der Waals surface area (Å²) >= 11 is 3.41. The fraction of sp³-hybridized carbons (Fsp3) is 0.263. The van der Waals surface area contributed by atoms with Crippen molar-refractivity contribution in [1.29, 1.82) is 5.26 Å². The second-order valence-electron chi connectivity index (χ2n) is 5.83. The van der Waals surface area contributed by atoms with Crippen LogP contribution in [0.3, 0.4) is 0 Å². The van der Waals surface area contributed by atoms with Gasteiger partial charge >= 0.3 is 0 Å². The van der Waals surface area contributed by atoms with E-state index in [-0.39, 0.29) is 5.91 Å². The van der Waals surface area contributed by atoms with E-state index in [1.807, 2.05) is 53.4 Å². The number of nitriles is 1. The van der Waals surface area contributed by atoms with Gasteiger partial charge in [0.1, 0.15) is 0 Å². The number of carbonyl (C=O) groups is 1. The predicted octanol–water partition coefficient (Wildman–Crippen LogP) is 3.21. The Morgan fingerprint density at radius 1 is 1.00 bits per heavy atom. The van der Waals surface area contributed by atoms with Crippen molar-refractivity contribution in [3.05, 3.63) is 64.1 Å². The molecule has 0 spiro atoms. The number of hydrogen-bond donors (Lipinski definition) is 0. The molecule has 0 bridgehead atoms. The molecule has 1 fully saturated rings. The van der Waals surface area contributed by atoms with Gasteiger partial charge in [-0.3, -0.25) is 4.79 Å². The van der Waals surface area contributed by atoms with Crippen LogP contribution in [0.25, 0.3) is 0 Å². The zero-order valence-corrected chi connectivity index (χ0v) is 14.9. The first-order chi connectivity index (χ1) is 11.7. The number of piperazine rings is 1. The first-order valence-electron chi connectivity index (χ1n) is 7.93. The van der Waals surface area contributed by atoms with E-state index in [0.717, 1.165) is 41.9 Å². The van der Waals surface area contributed by atoms with Crippen LogP contribution in [0.15, 0.2) is 53.0 Å². The van der Waals surface area contributed by atoms with Crippen LogP contribution in [-0.2, 0) is 11.2 Å². The monoisotopic (exact) mass is 383 g/mol. The van der Waals surface area contributed by atoms with E-state index in [9.17, 15) is 4.79 Å². The molecule has 1 heterocycles. The van der Waals surface area contributed by atoms with Gasteiger partial charge in [0.05, 0.1) is 18.1 Å². The highest BCUT2D eigenvalue weighted by Crippen LogP contribution is 2.18. The van der Waals surface area contributed by atoms with E-state index in [1.54, 1.807) is 0 Å². The average molecular weight is 384 g/mol. The molecule has 24 heavy (non-hydrogen) atoms. The zero-order valence-electron chi connectivity index (χ0n) is 13.3. The van der Waals surface area contributed by atoms with Gasteiger partial charge in [0.2, 0.25) is 5.91 Å². The second-order valence-corrected chi connectivity index (χ2v) is 6.75. The van der Waals surface area contributed by atoms with Crippen LogP contribution in [0.2, 0.25) is 0 Å². The molecule has 3 rings (SSSR count). The Hall–Kier alpha value is -2.32. The van der Waals surface area contributed by atoms with Gasteiger partial charge in [0.25, 0.3) is 0 Å². The summed E-state index contributed by atoms with van der Waals surface area (Å²) in [5.41, 5.74) is 2.81. The molecular weight excluding hydrogens is 366 g/mol. The van der Waals surface area contributed by atoms with E-state index >= 15 is 0 Å². The summed E-state index contributed by atoms with van der Waals surface area (Å²) in [5, 5.41) is 8.86. The van der Waals surface area contributed by atoms with Crippen molar-refractivity contribution in [2.75, 3.05) is 31.1 Å². The van der Waals surface area contributed by atoms with Gasteiger partial charge in [-0.05, 0) is 42.0 Å². The lowest BCUT2D eigenvalue weighted by Gasteiger charge is -2.36. The Kier molecular flexibility index (Phi) is 5.17. The number of nitrogens with zero attached hydrogens (tertiary/aromatic N) is 3. The highest BCUT2D eigenvalue weighted by atomic mass is 79.9. The molecule has 122 valence electrons. The third kappa shape index (κ3) is 3.95. The lowest BCUT2D eigenvalue weighted by molar-refractivity contribution is -0.130. The normalized spacial score (nSPS) is 14.3. The maximum absolute atomic E-state index is 12.4. The number of benzene rings is 2. The van der Waals surface area contributed by atoms with E-state index < -0.39 is 0 Å². The number of rotatable bonds is 3. The van der Waals surface area contributed by atoms with Crippen LogP contribution in [0.1, 0.15) is 11.1 Å². The molecule has 0 N–H and O–H groups in total. The third-order valence-corrected chi connectivity index (χ3v) is 4.79. The number of halogens is 1. The van der Waals surface area contributed by atoms with Gasteiger partial charge in [-0.2, -0.15) is 5.26 Å². The Morgan fingerprint density at radius 2 is 1.62 bits per heavy atom. The largest absolute Gasteiger partial charge is 0.368 e. The Balaban J connectivity index is 1.55. The molecule has 0 saturated carbocycles. The standard InChI is InChI=1S/C19H18BrN3O/c20-17-5-1-15(2-6-17)13-19(24)23-11-9-22(10-12-23)18-7-3-16(14-21)4-8-18/h1-8H,9-13H2. The maximum Gasteiger partial charge on any atom is 0.227 e. The summed E-state index contributed by atoms with van der Waals surface area (Å²) < 4.78 is 1.02. The van der Waals surface area contributed by atoms with Crippen LogP contribution in [0.5, 0.6) is 0 Å². The van der Waals surface area contributed by atoms with Crippen molar-refractivity contribution < 1.29 is 4.79 Å². The van der Waals surface area contributed by atoms with Crippen LogP contribution < -0.4 is 4.90 Å². The Labute approximate surface area is 150 Å².